The van der Waals surface area contributed by atoms with Crippen molar-refractivity contribution in [1.82, 2.24) is 19.7 Å². The van der Waals surface area contributed by atoms with Crippen molar-refractivity contribution in [2.45, 2.75) is 40.3 Å². The molecule has 7 heteroatoms. The summed E-state index contributed by atoms with van der Waals surface area (Å²) in [5.74, 6) is -0.186. The minimum Gasteiger partial charge on any atom is -0.337 e. The normalized spacial score (nSPS) is 11.1. The molecule has 0 spiro atoms. The molecule has 6 nitrogen and oxygen atoms in total. The quantitative estimate of drug-likeness (QED) is 0.640. The number of nitrogens with zero attached hydrogens (tertiary/aromatic N) is 3. The molecule has 158 valence electrons. The summed E-state index contributed by atoms with van der Waals surface area (Å²) >= 11 is 0. The maximum atomic E-state index is 13.2. The van der Waals surface area contributed by atoms with Crippen molar-refractivity contribution in [3.63, 3.8) is 0 Å². The van der Waals surface area contributed by atoms with E-state index in [0.717, 1.165) is 17.5 Å². The van der Waals surface area contributed by atoms with Crippen molar-refractivity contribution >= 4 is 5.91 Å². The lowest BCUT2D eigenvalue weighted by atomic mass is 10.1. The Morgan fingerprint density at radius 2 is 1.93 bits per heavy atom. The number of nitrogens with one attached hydrogen (secondary N) is 1. The van der Waals surface area contributed by atoms with E-state index in [2.05, 4.69) is 24.0 Å². The number of amides is 1. The molecule has 0 fully saturated rings. The summed E-state index contributed by atoms with van der Waals surface area (Å²) in [7, 11) is 1.66. The molecule has 0 atom stereocenters. The molecule has 3 rings (SSSR count). The highest BCUT2D eigenvalue weighted by molar-refractivity contribution is 5.95. The number of benzene rings is 1. The topological polar surface area (TPSA) is 71.0 Å². The third kappa shape index (κ3) is 4.67. The fourth-order valence-corrected chi connectivity index (χ4v) is 3.31. The first-order valence-electron chi connectivity index (χ1n) is 10.0. The Morgan fingerprint density at radius 3 is 2.60 bits per heavy atom. The van der Waals surface area contributed by atoms with Gasteiger partial charge in [0.1, 0.15) is 11.4 Å². The van der Waals surface area contributed by atoms with E-state index in [1.54, 1.807) is 43.1 Å². The Bertz CT molecular complexity index is 1080. The van der Waals surface area contributed by atoms with Crippen LogP contribution in [0, 0.1) is 18.7 Å². The minimum absolute atomic E-state index is 0.190. The van der Waals surface area contributed by atoms with Crippen molar-refractivity contribution in [3.05, 3.63) is 75.6 Å². The van der Waals surface area contributed by atoms with Crippen LogP contribution in [0.4, 0.5) is 4.39 Å². The van der Waals surface area contributed by atoms with Gasteiger partial charge in [-0.05, 0) is 55.2 Å². The molecule has 1 N–H and O–H groups in total. The predicted molar refractivity (Wildman–Crippen MR) is 115 cm³/mol. The van der Waals surface area contributed by atoms with Crippen LogP contribution < -0.4 is 5.56 Å². The van der Waals surface area contributed by atoms with E-state index in [1.165, 1.54) is 17.0 Å². The van der Waals surface area contributed by atoms with Crippen LogP contribution in [0.1, 0.15) is 41.8 Å². The average molecular weight is 410 g/mol. The summed E-state index contributed by atoms with van der Waals surface area (Å²) in [6.07, 6.45) is 4.25. The Balaban J connectivity index is 1.84. The Labute approximate surface area is 175 Å². The number of halogens is 1. The summed E-state index contributed by atoms with van der Waals surface area (Å²) in [5, 5.41) is 6.98. The number of pyridine rings is 1. The van der Waals surface area contributed by atoms with Crippen LogP contribution >= 0.6 is 0 Å². The standard InChI is InChI=1S/C23H27FN4O2/c1-15(2)9-11-28-12-10-16(3)20(23(28)30)22(29)27(4)14-18-13-25-26-21(18)17-5-7-19(24)8-6-17/h5-8,10,12-13,15H,9,11,14H2,1-4H3,(H,25,26). The van der Waals surface area contributed by atoms with Gasteiger partial charge in [-0.1, -0.05) is 13.8 Å². The lowest BCUT2D eigenvalue weighted by Gasteiger charge is -2.19. The minimum atomic E-state index is -0.331. The molecule has 3 aromatic rings. The fraction of sp³-hybridized carbons (Fsp3) is 0.348. The smallest absolute Gasteiger partial charge is 0.263 e. The summed E-state index contributed by atoms with van der Waals surface area (Å²) in [6.45, 7) is 6.82. The van der Waals surface area contributed by atoms with E-state index in [-0.39, 0.29) is 29.4 Å². The molecule has 0 radical (unpaired) electrons. The zero-order valence-electron chi connectivity index (χ0n) is 17.8. The molecule has 0 saturated heterocycles. The molecule has 1 aromatic carbocycles. The van der Waals surface area contributed by atoms with E-state index in [9.17, 15) is 14.0 Å². The molecule has 0 aliphatic carbocycles. The van der Waals surface area contributed by atoms with Gasteiger partial charge in [-0.15, -0.1) is 0 Å². The number of H-pyrrole nitrogens is 1. The molecule has 0 unspecified atom stereocenters. The van der Waals surface area contributed by atoms with Gasteiger partial charge in [0.15, 0.2) is 0 Å². The van der Waals surface area contributed by atoms with Crippen LogP contribution in [0.3, 0.4) is 0 Å². The molecule has 30 heavy (non-hydrogen) atoms. The van der Waals surface area contributed by atoms with Crippen LogP contribution in [-0.4, -0.2) is 32.6 Å². The number of hydrogen-bond donors (Lipinski definition) is 1. The number of aryl methyl sites for hydroxylation is 2. The number of carbonyl (C=O) groups excluding carboxylic acids is 1. The van der Waals surface area contributed by atoms with E-state index in [4.69, 9.17) is 0 Å². The number of carbonyl (C=O) groups is 1. The summed E-state index contributed by atoms with van der Waals surface area (Å²) in [6, 6.07) is 7.87. The highest BCUT2D eigenvalue weighted by atomic mass is 19.1. The van der Waals surface area contributed by atoms with Crippen LogP contribution in [0.25, 0.3) is 11.3 Å². The predicted octanol–water partition coefficient (Wildman–Crippen LogP) is 4.00. The van der Waals surface area contributed by atoms with Gasteiger partial charge < -0.3 is 9.47 Å². The first-order valence-corrected chi connectivity index (χ1v) is 10.0. The van der Waals surface area contributed by atoms with Crippen molar-refractivity contribution in [1.29, 1.82) is 0 Å². The monoisotopic (exact) mass is 410 g/mol. The summed E-state index contributed by atoms with van der Waals surface area (Å²) in [4.78, 5) is 27.6. The second-order valence-corrected chi connectivity index (χ2v) is 7.99. The largest absolute Gasteiger partial charge is 0.337 e. The van der Waals surface area contributed by atoms with Gasteiger partial charge in [0.25, 0.3) is 11.5 Å². The molecule has 2 heterocycles. The van der Waals surface area contributed by atoms with Gasteiger partial charge in [0.2, 0.25) is 0 Å². The van der Waals surface area contributed by atoms with Gasteiger partial charge in [-0.3, -0.25) is 14.7 Å². The summed E-state index contributed by atoms with van der Waals surface area (Å²) in [5.41, 5.74) is 2.86. The number of aromatic amines is 1. The Hall–Kier alpha value is -3.22. The molecule has 0 aliphatic rings. The van der Waals surface area contributed by atoms with Crippen LogP contribution in [0.5, 0.6) is 0 Å². The van der Waals surface area contributed by atoms with E-state index >= 15 is 0 Å². The Kier molecular flexibility index (Phi) is 6.50. The zero-order chi connectivity index (χ0) is 21.8. The molecular weight excluding hydrogens is 383 g/mol. The fourth-order valence-electron chi connectivity index (χ4n) is 3.31. The van der Waals surface area contributed by atoms with Crippen molar-refractivity contribution in [2.24, 2.45) is 5.92 Å². The van der Waals surface area contributed by atoms with E-state index < -0.39 is 0 Å². The average Bonchev–Trinajstić information content (AvgIpc) is 3.15. The van der Waals surface area contributed by atoms with Crippen LogP contribution in [-0.2, 0) is 13.1 Å². The maximum absolute atomic E-state index is 13.2. The van der Waals surface area contributed by atoms with Gasteiger partial charge in [0.05, 0.1) is 11.9 Å². The highest BCUT2D eigenvalue weighted by Gasteiger charge is 2.21. The maximum Gasteiger partial charge on any atom is 0.263 e. The molecular formula is C23H27FN4O2. The Morgan fingerprint density at radius 1 is 1.23 bits per heavy atom. The molecule has 0 bridgehead atoms. The molecule has 2 aromatic heterocycles. The van der Waals surface area contributed by atoms with E-state index in [1.807, 2.05) is 6.07 Å². The van der Waals surface area contributed by atoms with Gasteiger partial charge >= 0.3 is 0 Å². The summed E-state index contributed by atoms with van der Waals surface area (Å²) < 4.78 is 14.8. The van der Waals surface area contributed by atoms with Crippen molar-refractivity contribution in [2.75, 3.05) is 7.05 Å². The van der Waals surface area contributed by atoms with Gasteiger partial charge in [-0.25, -0.2) is 4.39 Å². The van der Waals surface area contributed by atoms with Crippen LogP contribution in [0.15, 0.2) is 47.5 Å². The lowest BCUT2D eigenvalue weighted by molar-refractivity contribution is 0.0782. The van der Waals surface area contributed by atoms with Gasteiger partial charge in [0, 0.05) is 37.5 Å². The second kappa shape index (κ2) is 9.07. The second-order valence-electron chi connectivity index (χ2n) is 7.99. The molecule has 0 saturated carbocycles. The third-order valence-corrected chi connectivity index (χ3v) is 5.14. The number of rotatable bonds is 7. The van der Waals surface area contributed by atoms with E-state index in [0.29, 0.717) is 23.7 Å². The number of aromatic nitrogens is 3. The van der Waals surface area contributed by atoms with Crippen molar-refractivity contribution in [3.8, 4) is 11.3 Å². The van der Waals surface area contributed by atoms with Crippen molar-refractivity contribution < 1.29 is 9.18 Å². The van der Waals surface area contributed by atoms with Crippen LogP contribution in [0.2, 0.25) is 0 Å². The molecule has 1 amide bonds. The highest BCUT2D eigenvalue weighted by Crippen LogP contribution is 2.23. The first kappa shape index (κ1) is 21.5. The SMILES string of the molecule is Cc1ccn(CCC(C)C)c(=O)c1C(=O)N(C)Cc1cn[nH]c1-c1ccc(F)cc1. The lowest BCUT2D eigenvalue weighted by Crippen LogP contribution is -2.35. The number of hydrogen-bond acceptors (Lipinski definition) is 3. The zero-order valence-corrected chi connectivity index (χ0v) is 17.8. The first-order chi connectivity index (χ1) is 14.3. The van der Waals surface area contributed by atoms with Gasteiger partial charge in [-0.2, -0.15) is 5.10 Å². The third-order valence-electron chi connectivity index (χ3n) is 5.14. The molecule has 0 aliphatic heterocycles.